The zero-order chi connectivity index (χ0) is 16.7. The first-order valence-corrected chi connectivity index (χ1v) is 6.86. The van der Waals surface area contributed by atoms with E-state index in [1.807, 2.05) is 0 Å². The maximum Gasteiger partial charge on any atom is 0.228 e. The number of hydrogen-bond acceptors (Lipinski definition) is 1. The highest BCUT2D eigenvalue weighted by Gasteiger charge is 2.01. The van der Waals surface area contributed by atoms with E-state index in [-0.39, 0.29) is 11.6 Å². The molecule has 0 aliphatic heterocycles. The van der Waals surface area contributed by atoms with Crippen LogP contribution < -0.4 is 10.6 Å². The molecular weight excluding hydrogens is 298 g/mol. The second kappa shape index (κ2) is 7.84. The highest BCUT2D eigenvalue weighted by Crippen LogP contribution is 2.10. The van der Waals surface area contributed by atoms with E-state index < -0.39 is 0 Å². The summed E-state index contributed by atoms with van der Waals surface area (Å²) >= 11 is 0. The summed E-state index contributed by atoms with van der Waals surface area (Å²) in [5.74, 6) is 0.206. The SMILES string of the molecule is C=CN=C(/N=C(\C)Nc1ccc(F)cc1)Nc1ccc(F)cc1. The normalized spacial score (nSPS) is 12.0. The summed E-state index contributed by atoms with van der Waals surface area (Å²) in [4.78, 5) is 8.31. The van der Waals surface area contributed by atoms with Crippen LogP contribution in [0.4, 0.5) is 20.2 Å². The quantitative estimate of drug-likeness (QED) is 0.651. The molecule has 4 nitrogen and oxygen atoms in total. The highest BCUT2D eigenvalue weighted by atomic mass is 19.1. The lowest BCUT2D eigenvalue weighted by Gasteiger charge is -2.08. The van der Waals surface area contributed by atoms with Crippen molar-refractivity contribution in [2.75, 3.05) is 10.6 Å². The summed E-state index contributed by atoms with van der Waals surface area (Å²) in [6.45, 7) is 5.28. The van der Waals surface area contributed by atoms with E-state index in [1.54, 1.807) is 31.2 Å². The molecule has 23 heavy (non-hydrogen) atoms. The zero-order valence-corrected chi connectivity index (χ0v) is 12.6. The van der Waals surface area contributed by atoms with E-state index in [1.165, 1.54) is 30.5 Å². The van der Waals surface area contributed by atoms with Gasteiger partial charge in [-0.2, -0.15) is 0 Å². The van der Waals surface area contributed by atoms with E-state index in [0.717, 1.165) is 0 Å². The third-order valence-corrected chi connectivity index (χ3v) is 2.76. The van der Waals surface area contributed by atoms with E-state index in [4.69, 9.17) is 0 Å². The van der Waals surface area contributed by atoms with E-state index in [9.17, 15) is 8.78 Å². The molecule has 0 radical (unpaired) electrons. The van der Waals surface area contributed by atoms with Crippen molar-refractivity contribution in [1.82, 2.24) is 0 Å². The molecule has 0 aliphatic rings. The largest absolute Gasteiger partial charge is 0.344 e. The molecular formula is C17H16F2N4. The Hall–Kier alpha value is -3.02. The van der Waals surface area contributed by atoms with Crippen molar-refractivity contribution in [3.8, 4) is 0 Å². The van der Waals surface area contributed by atoms with Crippen LogP contribution in [-0.2, 0) is 0 Å². The minimum atomic E-state index is -0.324. The van der Waals surface area contributed by atoms with Gasteiger partial charge in [0.2, 0.25) is 5.96 Å². The Morgan fingerprint density at radius 1 is 0.913 bits per heavy atom. The fraction of sp³-hybridized carbons (Fsp3) is 0.0588. The molecule has 0 heterocycles. The van der Waals surface area contributed by atoms with Crippen LogP contribution >= 0.6 is 0 Å². The van der Waals surface area contributed by atoms with Crippen molar-refractivity contribution >= 4 is 23.2 Å². The lowest BCUT2D eigenvalue weighted by Crippen LogP contribution is -2.15. The highest BCUT2D eigenvalue weighted by molar-refractivity contribution is 6.06. The molecule has 0 spiro atoms. The van der Waals surface area contributed by atoms with Gasteiger partial charge in [-0.05, 0) is 55.5 Å². The Bertz CT molecular complexity index is 719. The smallest absolute Gasteiger partial charge is 0.228 e. The Kier molecular flexibility index (Phi) is 5.57. The Morgan fingerprint density at radius 3 is 1.87 bits per heavy atom. The molecule has 118 valence electrons. The maximum absolute atomic E-state index is 12.9. The Labute approximate surface area is 133 Å². The summed E-state index contributed by atoms with van der Waals surface area (Å²) in [5.41, 5.74) is 1.35. The first-order valence-electron chi connectivity index (χ1n) is 6.86. The van der Waals surface area contributed by atoms with Gasteiger partial charge in [0.05, 0.1) is 0 Å². The molecule has 0 saturated carbocycles. The zero-order valence-electron chi connectivity index (χ0n) is 12.6. The molecule has 2 rings (SSSR count). The summed E-state index contributed by atoms with van der Waals surface area (Å²) in [6, 6.07) is 11.7. The lowest BCUT2D eigenvalue weighted by atomic mass is 10.3. The number of rotatable bonds is 3. The lowest BCUT2D eigenvalue weighted by molar-refractivity contribution is 0.627. The fourth-order valence-corrected chi connectivity index (χ4v) is 1.77. The van der Waals surface area contributed by atoms with Gasteiger partial charge in [-0.15, -0.1) is 0 Å². The molecule has 0 aromatic heterocycles. The fourth-order valence-electron chi connectivity index (χ4n) is 1.77. The van der Waals surface area contributed by atoms with Crippen LogP contribution in [0.1, 0.15) is 6.92 Å². The van der Waals surface area contributed by atoms with Crippen molar-refractivity contribution in [3.63, 3.8) is 0 Å². The van der Waals surface area contributed by atoms with Crippen LogP contribution in [0.5, 0.6) is 0 Å². The average molecular weight is 314 g/mol. The van der Waals surface area contributed by atoms with Crippen LogP contribution in [0.2, 0.25) is 0 Å². The number of amidine groups is 1. The monoisotopic (exact) mass is 314 g/mol. The predicted molar refractivity (Wildman–Crippen MR) is 90.8 cm³/mol. The van der Waals surface area contributed by atoms with Gasteiger partial charge in [0.15, 0.2) is 0 Å². The molecule has 2 aromatic rings. The molecule has 0 fully saturated rings. The van der Waals surface area contributed by atoms with Crippen LogP contribution in [-0.4, -0.2) is 11.8 Å². The summed E-state index contributed by atoms with van der Waals surface area (Å²) in [7, 11) is 0. The van der Waals surface area contributed by atoms with Crippen molar-refractivity contribution in [3.05, 3.63) is 72.9 Å². The molecule has 0 unspecified atom stereocenters. The number of aliphatic imine (C=N–C) groups is 2. The summed E-state index contributed by atoms with van der Waals surface area (Å²) in [6.07, 6.45) is 1.35. The third kappa shape index (κ3) is 5.35. The number of nitrogens with zero attached hydrogens (tertiary/aromatic N) is 2. The van der Waals surface area contributed by atoms with Crippen LogP contribution in [0, 0.1) is 11.6 Å². The molecule has 0 atom stereocenters. The van der Waals surface area contributed by atoms with Crippen LogP contribution in [0.25, 0.3) is 0 Å². The van der Waals surface area contributed by atoms with Crippen LogP contribution in [0.15, 0.2) is 71.3 Å². The van der Waals surface area contributed by atoms with Gasteiger partial charge in [0.25, 0.3) is 0 Å². The molecule has 2 N–H and O–H groups in total. The van der Waals surface area contributed by atoms with Crippen molar-refractivity contribution in [2.24, 2.45) is 9.98 Å². The Balaban J connectivity index is 2.10. The second-order valence-corrected chi connectivity index (χ2v) is 4.60. The van der Waals surface area contributed by atoms with Crippen LogP contribution in [0.3, 0.4) is 0 Å². The summed E-state index contributed by atoms with van der Waals surface area (Å²) < 4.78 is 25.8. The van der Waals surface area contributed by atoms with Gasteiger partial charge < -0.3 is 10.6 Å². The van der Waals surface area contributed by atoms with Gasteiger partial charge in [0.1, 0.15) is 17.5 Å². The van der Waals surface area contributed by atoms with Crippen molar-refractivity contribution < 1.29 is 8.78 Å². The van der Waals surface area contributed by atoms with Crippen molar-refractivity contribution in [2.45, 2.75) is 6.92 Å². The third-order valence-electron chi connectivity index (χ3n) is 2.76. The molecule has 0 aliphatic carbocycles. The first kappa shape index (κ1) is 16.4. The number of hydrogen-bond donors (Lipinski definition) is 2. The molecule has 0 bridgehead atoms. The number of benzene rings is 2. The molecule has 0 amide bonds. The first-order chi connectivity index (χ1) is 11.1. The summed E-state index contributed by atoms with van der Waals surface area (Å²) in [5, 5.41) is 5.98. The van der Waals surface area contributed by atoms with Gasteiger partial charge in [-0.25, -0.2) is 18.8 Å². The number of halogens is 2. The number of guanidine groups is 1. The van der Waals surface area contributed by atoms with E-state index in [0.29, 0.717) is 23.2 Å². The average Bonchev–Trinajstić information content (AvgIpc) is 2.52. The topological polar surface area (TPSA) is 48.8 Å². The van der Waals surface area contributed by atoms with E-state index >= 15 is 0 Å². The standard InChI is InChI=1S/C17H16F2N4/c1-3-20-17(23-16-10-6-14(19)7-11-16)22-12(2)21-15-8-4-13(18)5-9-15/h3-11H,1H2,2H3,(H2,20,21,22,23). The van der Waals surface area contributed by atoms with Gasteiger partial charge in [-0.1, -0.05) is 6.58 Å². The van der Waals surface area contributed by atoms with E-state index in [2.05, 4.69) is 27.2 Å². The van der Waals surface area contributed by atoms with Gasteiger partial charge in [0, 0.05) is 17.6 Å². The van der Waals surface area contributed by atoms with Crippen molar-refractivity contribution in [1.29, 1.82) is 0 Å². The molecule has 2 aromatic carbocycles. The Morgan fingerprint density at radius 2 is 1.39 bits per heavy atom. The second-order valence-electron chi connectivity index (χ2n) is 4.60. The minimum absolute atomic E-state index is 0.290. The minimum Gasteiger partial charge on any atom is -0.344 e. The molecule has 6 heteroatoms. The number of nitrogens with one attached hydrogen (secondary N) is 2. The maximum atomic E-state index is 12.9. The number of anilines is 2. The van der Waals surface area contributed by atoms with Gasteiger partial charge in [-0.3, -0.25) is 0 Å². The molecule has 0 saturated heterocycles. The predicted octanol–water partition coefficient (Wildman–Crippen LogP) is 4.41. The van der Waals surface area contributed by atoms with Gasteiger partial charge >= 0.3 is 0 Å².